The van der Waals surface area contributed by atoms with Crippen molar-refractivity contribution in [3.63, 3.8) is 0 Å². The molecule has 3 heterocycles. The van der Waals surface area contributed by atoms with Gasteiger partial charge in [-0.2, -0.15) is 0 Å². The van der Waals surface area contributed by atoms with Crippen LogP contribution < -0.4 is 0 Å². The van der Waals surface area contributed by atoms with Gasteiger partial charge in [0.2, 0.25) is 0 Å². The van der Waals surface area contributed by atoms with E-state index in [0.717, 1.165) is 58.3 Å². The van der Waals surface area contributed by atoms with E-state index in [1.807, 2.05) is 12.4 Å². The van der Waals surface area contributed by atoms with Crippen molar-refractivity contribution < 1.29 is 9.84 Å². The number of aliphatic hydroxyl groups excluding tert-OH is 1. The van der Waals surface area contributed by atoms with E-state index in [0.29, 0.717) is 5.92 Å². The summed E-state index contributed by atoms with van der Waals surface area (Å²) in [7, 11) is 0. The van der Waals surface area contributed by atoms with Crippen LogP contribution in [0.3, 0.4) is 0 Å². The van der Waals surface area contributed by atoms with Gasteiger partial charge >= 0.3 is 0 Å². The van der Waals surface area contributed by atoms with Crippen molar-refractivity contribution in [3.05, 3.63) is 18.2 Å². The van der Waals surface area contributed by atoms with E-state index >= 15 is 0 Å². The van der Waals surface area contributed by atoms with Gasteiger partial charge in [-0.05, 0) is 19.4 Å². The van der Waals surface area contributed by atoms with E-state index in [9.17, 15) is 5.11 Å². The van der Waals surface area contributed by atoms with Crippen LogP contribution in [0, 0.1) is 0 Å². The number of morpholine rings is 1. The molecule has 2 fully saturated rings. The maximum atomic E-state index is 10.3. The molecule has 2 saturated heterocycles. The van der Waals surface area contributed by atoms with E-state index in [1.165, 1.54) is 12.8 Å². The summed E-state index contributed by atoms with van der Waals surface area (Å²) in [4.78, 5) is 12.3. The molecule has 0 saturated carbocycles. The number of H-pyrrole nitrogens is 1. The lowest BCUT2D eigenvalue weighted by atomic mass is 9.97. The number of imidazole rings is 1. The molecule has 2 aliphatic heterocycles. The summed E-state index contributed by atoms with van der Waals surface area (Å²) in [6.45, 7) is 7.04. The highest BCUT2D eigenvalue weighted by Crippen LogP contribution is 2.24. The van der Waals surface area contributed by atoms with Gasteiger partial charge in [-0.15, -0.1) is 0 Å². The quantitative estimate of drug-likeness (QED) is 0.817. The van der Waals surface area contributed by atoms with Crippen molar-refractivity contribution in [1.82, 2.24) is 19.8 Å². The predicted octanol–water partition coefficient (Wildman–Crippen LogP) is 0.282. The van der Waals surface area contributed by atoms with E-state index in [-0.39, 0.29) is 6.10 Å². The Hall–Kier alpha value is -0.950. The maximum absolute atomic E-state index is 10.3. The summed E-state index contributed by atoms with van der Waals surface area (Å²) in [5.41, 5.74) is 0. The SMILES string of the molecule is OC(CN1CCOCC1)CN1CCCC(c2ncc[nH]2)C1. The standard InChI is InChI=1S/C15H26N4O2/c20-14(11-18-6-8-21-9-7-18)12-19-5-1-2-13(10-19)15-16-3-4-17-15/h3-4,13-14,20H,1-2,5-12H2,(H,16,17). The molecule has 0 amide bonds. The normalized spacial score (nSPS) is 26.8. The number of hydrogen-bond acceptors (Lipinski definition) is 5. The first-order valence-electron chi connectivity index (χ1n) is 8.01. The maximum Gasteiger partial charge on any atom is 0.110 e. The van der Waals surface area contributed by atoms with Crippen molar-refractivity contribution in [2.45, 2.75) is 24.9 Å². The molecular formula is C15H26N4O2. The molecule has 1 aromatic rings. The van der Waals surface area contributed by atoms with E-state index < -0.39 is 0 Å². The van der Waals surface area contributed by atoms with Crippen molar-refractivity contribution in [2.75, 3.05) is 52.5 Å². The Balaban J connectivity index is 1.45. The zero-order valence-corrected chi connectivity index (χ0v) is 12.6. The van der Waals surface area contributed by atoms with Crippen LogP contribution in [0.1, 0.15) is 24.6 Å². The third-order valence-corrected chi connectivity index (χ3v) is 4.45. The molecule has 1 aromatic heterocycles. The highest BCUT2D eigenvalue weighted by molar-refractivity contribution is 5.00. The Bertz CT molecular complexity index is 406. The molecule has 118 valence electrons. The lowest BCUT2D eigenvalue weighted by Gasteiger charge is -2.35. The number of aliphatic hydroxyl groups is 1. The fraction of sp³-hybridized carbons (Fsp3) is 0.800. The number of piperidine rings is 1. The number of aromatic amines is 1. The van der Waals surface area contributed by atoms with Crippen molar-refractivity contribution in [3.8, 4) is 0 Å². The van der Waals surface area contributed by atoms with Gasteiger partial charge in [0.25, 0.3) is 0 Å². The molecule has 21 heavy (non-hydrogen) atoms. The number of aromatic nitrogens is 2. The van der Waals surface area contributed by atoms with Crippen LogP contribution in [0.2, 0.25) is 0 Å². The van der Waals surface area contributed by atoms with Crippen LogP contribution in [0.5, 0.6) is 0 Å². The first-order chi connectivity index (χ1) is 10.3. The number of β-amino-alcohol motifs (C(OH)–C–C–N with tert-alkyl or cyclic N) is 1. The summed E-state index contributed by atoms with van der Waals surface area (Å²) >= 11 is 0. The monoisotopic (exact) mass is 294 g/mol. The topological polar surface area (TPSA) is 64.6 Å². The minimum atomic E-state index is -0.279. The second kappa shape index (κ2) is 7.35. The minimum absolute atomic E-state index is 0.279. The fourth-order valence-electron chi connectivity index (χ4n) is 3.38. The number of nitrogens with zero attached hydrogens (tertiary/aromatic N) is 3. The van der Waals surface area contributed by atoms with E-state index in [1.54, 1.807) is 0 Å². The first kappa shape index (κ1) is 15.0. The molecule has 2 unspecified atom stereocenters. The highest BCUT2D eigenvalue weighted by atomic mass is 16.5. The van der Waals surface area contributed by atoms with E-state index in [4.69, 9.17) is 4.74 Å². The number of likely N-dealkylation sites (tertiary alicyclic amines) is 1. The summed E-state index contributed by atoms with van der Waals surface area (Å²) in [5.74, 6) is 1.56. The molecule has 0 spiro atoms. The highest BCUT2D eigenvalue weighted by Gasteiger charge is 2.25. The Morgan fingerprint density at radius 1 is 1.29 bits per heavy atom. The van der Waals surface area contributed by atoms with Gasteiger partial charge < -0.3 is 14.8 Å². The third kappa shape index (κ3) is 4.26. The molecule has 0 aromatic carbocycles. The zero-order valence-electron chi connectivity index (χ0n) is 12.6. The van der Waals surface area contributed by atoms with Gasteiger partial charge in [0, 0.05) is 51.0 Å². The van der Waals surface area contributed by atoms with Crippen molar-refractivity contribution in [2.24, 2.45) is 0 Å². The van der Waals surface area contributed by atoms with Crippen LogP contribution in [-0.4, -0.2) is 83.5 Å². The molecular weight excluding hydrogens is 268 g/mol. The van der Waals surface area contributed by atoms with Gasteiger partial charge in [-0.25, -0.2) is 4.98 Å². The van der Waals surface area contributed by atoms with Crippen LogP contribution in [0.4, 0.5) is 0 Å². The molecule has 0 aliphatic carbocycles. The Kier molecular flexibility index (Phi) is 5.24. The lowest BCUT2D eigenvalue weighted by molar-refractivity contribution is 0.00474. The fourth-order valence-corrected chi connectivity index (χ4v) is 3.38. The molecule has 2 N–H and O–H groups in total. The molecule has 6 nitrogen and oxygen atoms in total. The Morgan fingerprint density at radius 3 is 2.86 bits per heavy atom. The molecule has 6 heteroatoms. The van der Waals surface area contributed by atoms with Crippen LogP contribution in [0.15, 0.2) is 12.4 Å². The van der Waals surface area contributed by atoms with Gasteiger partial charge in [-0.1, -0.05) is 0 Å². The zero-order chi connectivity index (χ0) is 14.5. The molecule has 0 radical (unpaired) electrons. The van der Waals surface area contributed by atoms with Crippen LogP contribution in [-0.2, 0) is 4.74 Å². The molecule has 2 atom stereocenters. The number of hydrogen-bond donors (Lipinski definition) is 2. The summed E-state index contributed by atoms with van der Waals surface area (Å²) < 4.78 is 5.34. The lowest BCUT2D eigenvalue weighted by Crippen LogP contribution is -2.46. The van der Waals surface area contributed by atoms with Gasteiger partial charge in [0.1, 0.15) is 5.82 Å². The van der Waals surface area contributed by atoms with E-state index in [2.05, 4.69) is 19.8 Å². The summed E-state index contributed by atoms with van der Waals surface area (Å²) in [6, 6.07) is 0. The Morgan fingerprint density at radius 2 is 2.10 bits per heavy atom. The van der Waals surface area contributed by atoms with Crippen LogP contribution >= 0.6 is 0 Å². The summed E-state index contributed by atoms with van der Waals surface area (Å²) in [5, 5.41) is 10.3. The number of ether oxygens (including phenoxy) is 1. The van der Waals surface area contributed by atoms with Crippen LogP contribution in [0.25, 0.3) is 0 Å². The van der Waals surface area contributed by atoms with Gasteiger partial charge in [0.05, 0.1) is 19.3 Å². The second-order valence-corrected chi connectivity index (χ2v) is 6.14. The minimum Gasteiger partial charge on any atom is -0.390 e. The van der Waals surface area contributed by atoms with Gasteiger partial charge in [0.15, 0.2) is 0 Å². The smallest absolute Gasteiger partial charge is 0.110 e. The number of rotatable bonds is 5. The van der Waals surface area contributed by atoms with Gasteiger partial charge in [-0.3, -0.25) is 9.80 Å². The summed E-state index contributed by atoms with van der Waals surface area (Å²) in [6.07, 6.45) is 5.79. The average molecular weight is 294 g/mol. The molecule has 3 rings (SSSR count). The second-order valence-electron chi connectivity index (χ2n) is 6.14. The number of nitrogens with one attached hydrogen (secondary N) is 1. The molecule has 0 bridgehead atoms. The van der Waals surface area contributed by atoms with Crippen molar-refractivity contribution >= 4 is 0 Å². The Labute approximate surface area is 126 Å². The molecule has 2 aliphatic rings. The largest absolute Gasteiger partial charge is 0.390 e. The third-order valence-electron chi connectivity index (χ3n) is 4.45. The predicted molar refractivity (Wildman–Crippen MR) is 80.3 cm³/mol. The first-order valence-corrected chi connectivity index (χ1v) is 8.01. The average Bonchev–Trinajstić information content (AvgIpc) is 3.02. The van der Waals surface area contributed by atoms with Crippen molar-refractivity contribution in [1.29, 1.82) is 0 Å².